The quantitative estimate of drug-likeness (QED) is 0.475. The van der Waals surface area contributed by atoms with E-state index in [1.165, 1.54) is 4.90 Å². The second-order valence-electron chi connectivity index (χ2n) is 10.5. The Hall–Kier alpha value is -3.79. The van der Waals surface area contributed by atoms with Crippen molar-refractivity contribution in [2.45, 2.75) is 27.7 Å². The molecule has 35 heavy (non-hydrogen) atoms. The van der Waals surface area contributed by atoms with Gasteiger partial charge in [0.2, 0.25) is 11.8 Å². The van der Waals surface area contributed by atoms with Gasteiger partial charge in [0.05, 0.1) is 28.4 Å². The second kappa shape index (κ2) is 7.11. The molecule has 1 saturated heterocycles. The van der Waals surface area contributed by atoms with E-state index in [2.05, 4.69) is 0 Å². The summed E-state index contributed by atoms with van der Waals surface area (Å²) in [5, 5.41) is 0. The predicted molar refractivity (Wildman–Crippen MR) is 136 cm³/mol. The smallest absolute Gasteiger partial charge is 0.239 e. The zero-order valence-electron chi connectivity index (χ0n) is 20.3. The number of allylic oxidation sites excluding steroid dienone is 2. The number of benzene rings is 3. The number of nitrogens with zero attached hydrogens (tertiary/aromatic N) is 1. The third kappa shape index (κ3) is 2.54. The number of hydrogen-bond acceptors (Lipinski definition) is 3. The molecule has 3 aromatic rings. The van der Waals surface area contributed by atoms with E-state index < -0.39 is 22.7 Å². The normalized spacial score (nSPS) is 29.4. The Labute approximate surface area is 205 Å². The van der Waals surface area contributed by atoms with Crippen molar-refractivity contribution < 1.29 is 14.4 Å². The molecule has 6 rings (SSSR count). The van der Waals surface area contributed by atoms with Crippen LogP contribution in [0.1, 0.15) is 36.1 Å². The summed E-state index contributed by atoms with van der Waals surface area (Å²) in [6.45, 7) is 7.63. The summed E-state index contributed by atoms with van der Waals surface area (Å²) in [6, 6.07) is 25.5. The van der Waals surface area contributed by atoms with Crippen LogP contribution in [0, 0.1) is 36.5 Å². The zero-order chi connectivity index (χ0) is 24.7. The first kappa shape index (κ1) is 21.7. The summed E-state index contributed by atoms with van der Waals surface area (Å²) in [7, 11) is 0. The van der Waals surface area contributed by atoms with E-state index in [0.717, 1.165) is 33.4 Å². The largest absolute Gasteiger partial charge is 0.298 e. The van der Waals surface area contributed by atoms with E-state index in [-0.39, 0.29) is 17.6 Å². The molecule has 2 aliphatic carbocycles. The average molecular weight is 462 g/mol. The molecule has 2 fully saturated rings. The molecule has 4 nitrogen and oxygen atoms in total. The molecule has 2 bridgehead atoms. The molecule has 1 saturated carbocycles. The van der Waals surface area contributed by atoms with Crippen molar-refractivity contribution in [3.8, 4) is 0 Å². The van der Waals surface area contributed by atoms with E-state index in [4.69, 9.17) is 0 Å². The first-order valence-corrected chi connectivity index (χ1v) is 12.1. The van der Waals surface area contributed by atoms with Crippen molar-refractivity contribution in [1.82, 2.24) is 0 Å². The maximum absolute atomic E-state index is 14.3. The lowest BCUT2D eigenvalue weighted by Gasteiger charge is -2.35. The van der Waals surface area contributed by atoms with Crippen molar-refractivity contribution >= 4 is 34.4 Å². The van der Waals surface area contributed by atoms with E-state index in [9.17, 15) is 14.4 Å². The minimum Gasteiger partial charge on any atom is -0.298 e. The second-order valence-corrected chi connectivity index (χ2v) is 10.5. The minimum atomic E-state index is -1.09. The van der Waals surface area contributed by atoms with Crippen molar-refractivity contribution in [3.63, 3.8) is 0 Å². The number of carbonyl (C=O) groups is 3. The molecular formula is C31H27NO3. The molecule has 0 N–H and O–H groups in total. The van der Waals surface area contributed by atoms with E-state index in [1.807, 2.05) is 107 Å². The summed E-state index contributed by atoms with van der Waals surface area (Å²) < 4.78 is 0. The van der Waals surface area contributed by atoms with E-state index in [0.29, 0.717) is 5.69 Å². The van der Waals surface area contributed by atoms with Gasteiger partial charge in [0, 0.05) is 0 Å². The highest BCUT2D eigenvalue weighted by Crippen LogP contribution is 2.73. The minimum absolute atomic E-state index is 0.0278. The van der Waals surface area contributed by atoms with Gasteiger partial charge in [-0.2, -0.15) is 0 Å². The molecule has 4 atom stereocenters. The van der Waals surface area contributed by atoms with Gasteiger partial charge in [-0.25, -0.2) is 4.90 Å². The van der Waals surface area contributed by atoms with Gasteiger partial charge in [0.15, 0.2) is 5.78 Å². The lowest BCUT2D eigenvalue weighted by atomic mass is 9.63. The predicted octanol–water partition coefficient (Wildman–Crippen LogP) is 5.63. The number of carbonyl (C=O) groups excluding carboxylic acids is 3. The lowest BCUT2D eigenvalue weighted by Crippen LogP contribution is -2.40. The van der Waals surface area contributed by atoms with Crippen LogP contribution in [0.3, 0.4) is 0 Å². The Morgan fingerprint density at radius 2 is 1.11 bits per heavy atom. The molecule has 2 amide bonds. The summed E-state index contributed by atoms with van der Waals surface area (Å²) in [5.41, 5.74) is 3.89. The summed E-state index contributed by atoms with van der Waals surface area (Å²) in [4.78, 5) is 43.8. The molecule has 0 aromatic heterocycles. The standard InChI is InChI=1S/C31H27NO3/c1-18-15-16-19(2)22(17-18)32-27(33)25-26(28(32)34)31(4)24(21-13-9-6-10-14-21)23(30(25,3)29(31)35)20-11-7-5-8-12-20/h5-17,25-26H,1-4H3. The molecule has 3 aromatic carbocycles. The number of amides is 2. The third-order valence-corrected chi connectivity index (χ3v) is 8.51. The Balaban J connectivity index is 1.63. The van der Waals surface area contributed by atoms with Crippen LogP contribution < -0.4 is 4.90 Å². The Kier molecular flexibility index (Phi) is 4.41. The van der Waals surface area contributed by atoms with Crippen LogP contribution in [0.4, 0.5) is 5.69 Å². The molecule has 174 valence electrons. The Morgan fingerprint density at radius 3 is 1.57 bits per heavy atom. The van der Waals surface area contributed by atoms with Crippen molar-refractivity contribution in [1.29, 1.82) is 0 Å². The van der Waals surface area contributed by atoms with Gasteiger partial charge in [-0.1, -0.05) is 72.8 Å². The van der Waals surface area contributed by atoms with Crippen LogP contribution in [0.15, 0.2) is 78.9 Å². The number of hydrogen-bond donors (Lipinski definition) is 0. The van der Waals surface area contributed by atoms with Crippen LogP contribution >= 0.6 is 0 Å². The lowest BCUT2D eigenvalue weighted by molar-refractivity contribution is -0.133. The van der Waals surface area contributed by atoms with Gasteiger partial charge < -0.3 is 0 Å². The average Bonchev–Trinajstić information content (AvgIpc) is 3.31. The fourth-order valence-corrected chi connectivity index (χ4v) is 7.01. The number of imide groups is 1. The first-order valence-electron chi connectivity index (χ1n) is 12.1. The number of ketones is 1. The molecule has 1 aliphatic heterocycles. The van der Waals surface area contributed by atoms with E-state index >= 15 is 0 Å². The number of rotatable bonds is 3. The fourth-order valence-electron chi connectivity index (χ4n) is 7.01. The Bertz CT molecular complexity index is 1370. The number of anilines is 1. The molecule has 0 spiro atoms. The molecule has 3 aliphatic rings. The topological polar surface area (TPSA) is 54.5 Å². The van der Waals surface area contributed by atoms with Crippen molar-refractivity contribution in [2.75, 3.05) is 4.90 Å². The highest BCUT2D eigenvalue weighted by molar-refractivity contribution is 6.34. The van der Waals surface area contributed by atoms with Crippen molar-refractivity contribution in [2.24, 2.45) is 22.7 Å². The van der Waals surface area contributed by atoms with Crippen LogP contribution in [-0.2, 0) is 14.4 Å². The maximum Gasteiger partial charge on any atom is 0.239 e. The number of Topliss-reactive ketones (excluding diaryl/α,β-unsaturated/α-hetero) is 1. The first-order chi connectivity index (χ1) is 16.7. The molecule has 4 unspecified atom stereocenters. The molecule has 0 radical (unpaired) electrons. The van der Waals surface area contributed by atoms with Crippen LogP contribution in [-0.4, -0.2) is 17.6 Å². The van der Waals surface area contributed by atoms with Gasteiger partial charge in [0.1, 0.15) is 0 Å². The third-order valence-electron chi connectivity index (χ3n) is 8.51. The van der Waals surface area contributed by atoms with Crippen LogP contribution in [0.2, 0.25) is 0 Å². The summed E-state index contributed by atoms with van der Waals surface area (Å²) in [6.07, 6.45) is 0. The van der Waals surface area contributed by atoms with Crippen molar-refractivity contribution in [3.05, 3.63) is 101 Å². The van der Waals surface area contributed by atoms with Crippen LogP contribution in [0.25, 0.3) is 11.1 Å². The fraction of sp³-hybridized carbons (Fsp3) is 0.258. The summed E-state index contributed by atoms with van der Waals surface area (Å²) >= 11 is 0. The van der Waals surface area contributed by atoms with Crippen LogP contribution in [0.5, 0.6) is 0 Å². The van der Waals surface area contributed by atoms with Gasteiger partial charge in [-0.15, -0.1) is 0 Å². The Morgan fingerprint density at radius 1 is 0.657 bits per heavy atom. The molecule has 4 heteroatoms. The van der Waals surface area contributed by atoms with E-state index in [1.54, 1.807) is 0 Å². The SMILES string of the molecule is Cc1ccc(C)c(N2C(=O)C3C(C2=O)C2(C)C(=O)C3(C)C(c3ccccc3)=C2c2ccccc2)c1. The van der Waals surface area contributed by atoms with Gasteiger partial charge >= 0.3 is 0 Å². The zero-order valence-corrected chi connectivity index (χ0v) is 20.3. The monoisotopic (exact) mass is 461 g/mol. The highest BCUT2D eigenvalue weighted by Gasteiger charge is 2.78. The summed E-state index contributed by atoms with van der Waals surface area (Å²) in [5.74, 6) is -2.02. The molecule has 1 heterocycles. The van der Waals surface area contributed by atoms with Gasteiger partial charge in [0.25, 0.3) is 0 Å². The maximum atomic E-state index is 14.3. The molecular weight excluding hydrogens is 434 g/mol. The number of fused-ring (bicyclic) bond motifs is 5. The number of aryl methyl sites for hydroxylation is 2. The van der Waals surface area contributed by atoms with Gasteiger partial charge in [-0.05, 0) is 67.2 Å². The van der Waals surface area contributed by atoms with Gasteiger partial charge in [-0.3, -0.25) is 14.4 Å². The highest BCUT2D eigenvalue weighted by atomic mass is 16.2.